The van der Waals surface area contributed by atoms with Gasteiger partial charge in [0.2, 0.25) is 11.8 Å². The summed E-state index contributed by atoms with van der Waals surface area (Å²) in [6.07, 6.45) is 2.73. The van der Waals surface area contributed by atoms with Crippen LogP contribution in [0.3, 0.4) is 0 Å². The van der Waals surface area contributed by atoms with E-state index in [-0.39, 0.29) is 35.6 Å². The average molecular weight is 471 g/mol. The van der Waals surface area contributed by atoms with E-state index >= 15 is 0 Å². The van der Waals surface area contributed by atoms with E-state index in [9.17, 15) is 18.8 Å². The molecule has 3 amide bonds. The van der Waals surface area contributed by atoms with E-state index in [2.05, 4.69) is 27.1 Å². The molecule has 1 aliphatic rings. The van der Waals surface area contributed by atoms with Gasteiger partial charge in [0.05, 0.1) is 6.07 Å². The van der Waals surface area contributed by atoms with Crippen molar-refractivity contribution in [2.75, 3.05) is 6.54 Å². The zero-order valence-electron chi connectivity index (χ0n) is 19.8. The summed E-state index contributed by atoms with van der Waals surface area (Å²) in [5.74, 6) is -1.47. The van der Waals surface area contributed by atoms with Crippen LogP contribution >= 0.6 is 0 Å². The van der Waals surface area contributed by atoms with Gasteiger partial charge in [0.15, 0.2) is 5.69 Å². The number of aromatic nitrogens is 2. The summed E-state index contributed by atoms with van der Waals surface area (Å²) >= 11 is 0. The topological polar surface area (TPSA) is 129 Å². The van der Waals surface area contributed by atoms with E-state index < -0.39 is 23.2 Å². The van der Waals surface area contributed by atoms with Crippen LogP contribution < -0.4 is 16.0 Å². The maximum Gasteiger partial charge on any atom is 0.273 e. The van der Waals surface area contributed by atoms with Gasteiger partial charge in [-0.25, -0.2) is 4.39 Å². The minimum Gasteiger partial charge on any atom is -0.352 e. The first-order chi connectivity index (χ1) is 16.1. The Morgan fingerprint density at radius 3 is 2.76 bits per heavy atom. The van der Waals surface area contributed by atoms with Crippen LogP contribution in [0.5, 0.6) is 0 Å². The van der Waals surface area contributed by atoms with Crippen LogP contribution in [-0.4, -0.2) is 46.1 Å². The predicted octanol–water partition coefficient (Wildman–Crippen LogP) is 2.41. The second-order valence-electron chi connectivity index (χ2n) is 9.64. The Balaban J connectivity index is 1.79. The van der Waals surface area contributed by atoms with Gasteiger partial charge in [-0.2, -0.15) is 10.4 Å². The fourth-order valence-electron chi connectivity index (χ4n) is 4.02. The van der Waals surface area contributed by atoms with Gasteiger partial charge in [-0.15, -0.1) is 0 Å². The number of para-hydroxylation sites is 1. The number of benzene rings is 1. The number of aryl methyl sites for hydroxylation is 1. The van der Waals surface area contributed by atoms with Gasteiger partial charge in [-0.1, -0.05) is 32.9 Å². The lowest BCUT2D eigenvalue weighted by molar-refractivity contribution is -0.125. The highest BCUT2D eigenvalue weighted by molar-refractivity contribution is 6.06. The third-order valence-electron chi connectivity index (χ3n) is 5.86. The van der Waals surface area contributed by atoms with E-state index in [4.69, 9.17) is 5.26 Å². The van der Waals surface area contributed by atoms with Gasteiger partial charge in [-0.3, -0.25) is 19.1 Å². The molecule has 182 valence electrons. The lowest BCUT2D eigenvalue weighted by Gasteiger charge is -2.30. The van der Waals surface area contributed by atoms with Crippen molar-refractivity contribution < 1.29 is 18.8 Å². The zero-order valence-corrected chi connectivity index (χ0v) is 19.8. The quantitative estimate of drug-likeness (QED) is 0.485. The number of hydrogen-bond acceptors (Lipinski definition) is 5. The Bertz CT molecular complexity index is 1110. The van der Waals surface area contributed by atoms with Crippen LogP contribution in [0.4, 0.5) is 4.39 Å². The van der Waals surface area contributed by atoms with Crippen LogP contribution in [0.1, 0.15) is 63.4 Å². The number of carbonyl (C=O) groups is 3. The van der Waals surface area contributed by atoms with Crippen molar-refractivity contribution >= 4 is 28.6 Å². The van der Waals surface area contributed by atoms with E-state index in [0.717, 1.165) is 0 Å². The van der Waals surface area contributed by atoms with Gasteiger partial charge in [-0.05, 0) is 30.7 Å². The molecule has 2 unspecified atom stereocenters. The van der Waals surface area contributed by atoms with Crippen LogP contribution in [0.15, 0.2) is 18.2 Å². The number of nitriles is 1. The summed E-state index contributed by atoms with van der Waals surface area (Å²) in [5.41, 5.74) is -0.349. The smallest absolute Gasteiger partial charge is 0.273 e. The summed E-state index contributed by atoms with van der Waals surface area (Å²) in [6, 6.07) is 5.52. The molecule has 0 saturated carbocycles. The molecule has 2 aromatic rings. The maximum atomic E-state index is 14.6. The Labute approximate surface area is 198 Å². The number of nitrogens with zero attached hydrogens (tertiary/aromatic N) is 3. The molecule has 1 aromatic heterocycles. The molecule has 0 radical (unpaired) electrons. The molecule has 1 saturated heterocycles. The van der Waals surface area contributed by atoms with E-state index in [1.807, 2.05) is 20.8 Å². The third kappa shape index (κ3) is 5.90. The van der Waals surface area contributed by atoms with Crippen molar-refractivity contribution in [2.45, 2.75) is 71.5 Å². The molecule has 0 bridgehead atoms. The van der Waals surface area contributed by atoms with Crippen molar-refractivity contribution in [3.05, 3.63) is 29.7 Å². The number of nitrogens with one attached hydrogen (secondary N) is 3. The number of amides is 3. The third-order valence-corrected chi connectivity index (χ3v) is 5.86. The van der Waals surface area contributed by atoms with Crippen molar-refractivity contribution in [1.82, 2.24) is 25.7 Å². The van der Waals surface area contributed by atoms with Gasteiger partial charge >= 0.3 is 0 Å². The minimum atomic E-state index is -0.874. The zero-order chi connectivity index (χ0) is 24.9. The normalized spacial score (nSPS) is 16.7. The molecule has 1 aromatic carbocycles. The van der Waals surface area contributed by atoms with Gasteiger partial charge in [0.25, 0.3) is 5.91 Å². The largest absolute Gasteiger partial charge is 0.352 e. The van der Waals surface area contributed by atoms with E-state index in [0.29, 0.717) is 44.0 Å². The van der Waals surface area contributed by atoms with Crippen molar-refractivity contribution in [2.24, 2.45) is 5.41 Å². The van der Waals surface area contributed by atoms with Crippen molar-refractivity contribution in [3.8, 4) is 6.07 Å². The fourth-order valence-corrected chi connectivity index (χ4v) is 4.02. The molecule has 0 spiro atoms. The number of hydrogen-bond donors (Lipinski definition) is 3. The summed E-state index contributed by atoms with van der Waals surface area (Å²) < 4.78 is 16.1. The highest BCUT2D eigenvalue weighted by atomic mass is 19.1. The van der Waals surface area contributed by atoms with Crippen molar-refractivity contribution in [1.29, 1.82) is 5.26 Å². The Morgan fingerprint density at radius 1 is 1.35 bits per heavy atom. The molecule has 34 heavy (non-hydrogen) atoms. The molecule has 2 atom stereocenters. The Kier molecular flexibility index (Phi) is 7.87. The predicted molar refractivity (Wildman–Crippen MR) is 124 cm³/mol. The molecular formula is C24H31FN6O3. The second-order valence-corrected chi connectivity index (χ2v) is 9.64. The number of fused-ring (bicyclic) bond motifs is 1. The standard InChI is InChI=1S/C24H31FN6O3/c1-24(2,3)21(23(34)27-14-15-10-11-18(32)28-15)29-22(33)19-16-8-7-9-17(25)20(16)31(30-19)13-6-4-5-12-26/h7-9,15,21H,4-6,10-11,13-14H2,1-3H3,(H,27,34)(H,28,32)(H,29,33). The minimum absolute atomic E-state index is 0.0396. The number of halogens is 1. The highest BCUT2D eigenvalue weighted by Crippen LogP contribution is 2.24. The van der Waals surface area contributed by atoms with E-state index in [1.165, 1.54) is 16.8 Å². The summed E-state index contributed by atoms with van der Waals surface area (Å²) in [5, 5.41) is 21.8. The van der Waals surface area contributed by atoms with Crippen LogP contribution in [0.25, 0.3) is 10.9 Å². The molecule has 0 aliphatic carbocycles. The fraction of sp³-hybridized carbons (Fsp3) is 0.542. The molecule has 1 fully saturated rings. The maximum absolute atomic E-state index is 14.6. The second kappa shape index (κ2) is 10.6. The molecule has 10 heteroatoms. The molecule has 1 aliphatic heterocycles. The van der Waals surface area contributed by atoms with Crippen LogP contribution in [-0.2, 0) is 16.1 Å². The average Bonchev–Trinajstić information content (AvgIpc) is 3.36. The van der Waals surface area contributed by atoms with Gasteiger partial charge in [0, 0.05) is 37.4 Å². The van der Waals surface area contributed by atoms with Crippen LogP contribution in [0.2, 0.25) is 0 Å². The first-order valence-electron chi connectivity index (χ1n) is 11.5. The Hall–Kier alpha value is -3.48. The van der Waals surface area contributed by atoms with Gasteiger partial charge in [0.1, 0.15) is 17.4 Å². The highest BCUT2D eigenvalue weighted by Gasteiger charge is 2.35. The van der Waals surface area contributed by atoms with Crippen molar-refractivity contribution in [3.63, 3.8) is 0 Å². The van der Waals surface area contributed by atoms with E-state index in [1.54, 1.807) is 6.07 Å². The number of unbranched alkanes of at least 4 members (excludes halogenated alkanes) is 2. The SMILES string of the molecule is CC(C)(C)C(NC(=O)c1nn(CCCCC#N)c2c(F)cccc12)C(=O)NCC1CCC(=O)N1. The monoisotopic (exact) mass is 470 g/mol. The number of carbonyl (C=O) groups excluding carboxylic acids is 3. The summed E-state index contributed by atoms with van der Waals surface area (Å²) in [7, 11) is 0. The lowest BCUT2D eigenvalue weighted by atomic mass is 9.86. The van der Waals surface area contributed by atoms with Gasteiger partial charge < -0.3 is 16.0 Å². The Morgan fingerprint density at radius 2 is 2.12 bits per heavy atom. The first-order valence-corrected chi connectivity index (χ1v) is 11.5. The first kappa shape index (κ1) is 25.1. The molecular weight excluding hydrogens is 439 g/mol. The molecule has 3 rings (SSSR count). The molecule has 9 nitrogen and oxygen atoms in total. The summed E-state index contributed by atoms with van der Waals surface area (Å²) in [6.45, 7) is 6.14. The van der Waals surface area contributed by atoms with Crippen LogP contribution in [0, 0.1) is 22.6 Å². The summed E-state index contributed by atoms with van der Waals surface area (Å²) in [4.78, 5) is 37.6. The lowest BCUT2D eigenvalue weighted by Crippen LogP contribution is -2.55. The molecule has 3 N–H and O–H groups in total. The molecule has 2 heterocycles. The number of rotatable bonds is 9.